The van der Waals surface area contributed by atoms with Crippen molar-refractivity contribution in [2.75, 3.05) is 53.3 Å². The highest BCUT2D eigenvalue weighted by molar-refractivity contribution is 6.41. The second-order valence-corrected chi connectivity index (χ2v) is 12.1. The van der Waals surface area contributed by atoms with Gasteiger partial charge in [0.2, 0.25) is 11.9 Å². The minimum atomic E-state index is -0.371. The molecule has 2 aromatic carbocycles. The second-order valence-electron chi connectivity index (χ2n) is 11.3. The number of hydrogen-bond donors (Lipinski definition) is 1. The Morgan fingerprint density at radius 1 is 1.11 bits per heavy atom. The largest absolute Gasteiger partial charge is 0.495 e. The van der Waals surface area contributed by atoms with E-state index in [1.54, 1.807) is 52.9 Å². The van der Waals surface area contributed by atoms with E-state index in [-0.39, 0.29) is 50.4 Å². The van der Waals surface area contributed by atoms with Gasteiger partial charge in [-0.3, -0.25) is 14.2 Å². The summed E-state index contributed by atoms with van der Waals surface area (Å²) in [6.45, 7) is 3.23. The van der Waals surface area contributed by atoms with Crippen LogP contribution in [0.3, 0.4) is 0 Å². The van der Waals surface area contributed by atoms with Crippen LogP contribution in [0.15, 0.2) is 53.5 Å². The zero-order valence-electron chi connectivity index (χ0n) is 26.2. The lowest BCUT2D eigenvalue weighted by Gasteiger charge is -2.33. The van der Waals surface area contributed by atoms with E-state index < -0.39 is 0 Å². The molecule has 0 atom stereocenters. The SMILES string of the molecule is COc1cc(OC)c(Cl)c(-c2cc3cnc(Nc4ccc(F)c(C)c4)nc3n(C3CCN(C(=O)/C=C/CN(C)C)CC3)c2=O)c1Cl. The Kier molecular flexibility index (Phi) is 10.1. The maximum atomic E-state index is 14.5. The van der Waals surface area contributed by atoms with E-state index in [4.69, 9.17) is 37.7 Å². The maximum Gasteiger partial charge on any atom is 0.260 e. The number of anilines is 2. The van der Waals surface area contributed by atoms with Crippen molar-refractivity contribution in [3.05, 3.63) is 80.5 Å². The minimum absolute atomic E-state index is 0.0725. The van der Waals surface area contributed by atoms with Crippen LogP contribution in [0.25, 0.3) is 22.2 Å². The summed E-state index contributed by atoms with van der Waals surface area (Å²) in [5, 5.41) is 4.00. The molecule has 1 N–H and O–H groups in total. The summed E-state index contributed by atoms with van der Waals surface area (Å²) in [7, 11) is 6.80. The molecule has 1 amide bonds. The molecule has 5 rings (SSSR count). The lowest BCUT2D eigenvalue weighted by Crippen LogP contribution is -2.40. The number of aromatic nitrogens is 3. The summed E-state index contributed by atoms with van der Waals surface area (Å²) in [5.74, 6) is 0.428. The number of amides is 1. The van der Waals surface area contributed by atoms with Crippen molar-refractivity contribution in [1.82, 2.24) is 24.3 Å². The van der Waals surface area contributed by atoms with Gasteiger partial charge in [0.15, 0.2) is 0 Å². The number of nitrogens with zero attached hydrogens (tertiary/aromatic N) is 5. The minimum Gasteiger partial charge on any atom is -0.495 e. The molecule has 13 heteroatoms. The molecule has 0 radical (unpaired) electrons. The monoisotopic (exact) mass is 668 g/mol. The van der Waals surface area contributed by atoms with Crippen LogP contribution in [0.2, 0.25) is 10.0 Å². The molecule has 2 aromatic heterocycles. The van der Waals surface area contributed by atoms with Crippen LogP contribution in [-0.4, -0.2) is 78.2 Å². The molecular formula is C33H35Cl2FN6O4. The van der Waals surface area contributed by atoms with Crippen LogP contribution in [0.5, 0.6) is 11.5 Å². The van der Waals surface area contributed by atoms with Crippen molar-refractivity contribution in [3.8, 4) is 22.6 Å². The van der Waals surface area contributed by atoms with E-state index in [1.807, 2.05) is 25.1 Å². The fourth-order valence-corrected chi connectivity index (χ4v) is 6.19. The van der Waals surface area contributed by atoms with Gasteiger partial charge in [0.1, 0.15) is 23.0 Å². The molecule has 4 aromatic rings. The molecule has 3 heterocycles. The Morgan fingerprint density at radius 3 is 2.39 bits per heavy atom. The van der Waals surface area contributed by atoms with Crippen LogP contribution < -0.4 is 20.3 Å². The fourth-order valence-electron chi connectivity index (χ4n) is 5.49. The lowest BCUT2D eigenvalue weighted by atomic mass is 10.0. The Hall–Kier alpha value is -4.19. The van der Waals surface area contributed by atoms with Gasteiger partial charge < -0.3 is 24.6 Å². The van der Waals surface area contributed by atoms with Crippen molar-refractivity contribution in [1.29, 1.82) is 0 Å². The maximum absolute atomic E-state index is 14.5. The van der Waals surface area contributed by atoms with E-state index in [0.717, 1.165) is 0 Å². The van der Waals surface area contributed by atoms with Crippen LogP contribution in [0, 0.1) is 12.7 Å². The van der Waals surface area contributed by atoms with Crippen molar-refractivity contribution in [2.24, 2.45) is 0 Å². The first-order valence-electron chi connectivity index (χ1n) is 14.7. The normalized spacial score (nSPS) is 14.0. The summed E-state index contributed by atoms with van der Waals surface area (Å²) < 4.78 is 26.4. The first-order chi connectivity index (χ1) is 22.0. The number of likely N-dealkylation sites (N-methyl/N-ethyl adjacent to an activating group) is 1. The van der Waals surface area contributed by atoms with Gasteiger partial charge in [0.05, 0.1) is 29.8 Å². The number of fused-ring (bicyclic) bond motifs is 1. The number of hydrogen-bond acceptors (Lipinski definition) is 8. The topological polar surface area (TPSA) is 102 Å². The number of carbonyl (C=O) groups excluding carboxylic acids is 1. The van der Waals surface area contributed by atoms with Crippen molar-refractivity contribution in [2.45, 2.75) is 25.8 Å². The molecule has 0 spiro atoms. The first-order valence-corrected chi connectivity index (χ1v) is 15.4. The molecule has 0 aliphatic carbocycles. The zero-order valence-corrected chi connectivity index (χ0v) is 27.7. The highest BCUT2D eigenvalue weighted by Crippen LogP contribution is 2.45. The van der Waals surface area contributed by atoms with Crippen LogP contribution in [-0.2, 0) is 4.79 Å². The summed E-state index contributed by atoms with van der Waals surface area (Å²) in [5.41, 5.74) is 1.58. The van der Waals surface area contributed by atoms with Crippen LogP contribution in [0.4, 0.5) is 16.0 Å². The highest BCUT2D eigenvalue weighted by Gasteiger charge is 2.29. The predicted molar refractivity (Wildman–Crippen MR) is 179 cm³/mol. The average Bonchev–Trinajstić information content (AvgIpc) is 3.03. The predicted octanol–water partition coefficient (Wildman–Crippen LogP) is 6.25. The van der Waals surface area contributed by atoms with Crippen LogP contribution >= 0.6 is 23.2 Å². The summed E-state index contributed by atoms with van der Waals surface area (Å²) in [4.78, 5) is 40.3. The molecule has 0 unspecified atom stereocenters. The fraction of sp³-hybridized carbons (Fsp3) is 0.333. The second kappa shape index (κ2) is 14.1. The Labute approximate surface area is 276 Å². The first kappa shape index (κ1) is 33.2. The van der Waals surface area contributed by atoms with E-state index >= 15 is 0 Å². The molecule has 10 nitrogen and oxygen atoms in total. The smallest absolute Gasteiger partial charge is 0.260 e. The number of pyridine rings is 1. The van der Waals surface area contributed by atoms with Gasteiger partial charge in [-0.2, -0.15) is 4.98 Å². The van der Waals surface area contributed by atoms with Gasteiger partial charge in [-0.15, -0.1) is 0 Å². The quantitative estimate of drug-likeness (QED) is 0.209. The van der Waals surface area contributed by atoms with Crippen molar-refractivity contribution < 1.29 is 18.7 Å². The molecule has 46 heavy (non-hydrogen) atoms. The zero-order chi connectivity index (χ0) is 33.1. The lowest BCUT2D eigenvalue weighted by molar-refractivity contribution is -0.127. The average molecular weight is 670 g/mol. The molecule has 1 fully saturated rings. The highest BCUT2D eigenvalue weighted by atomic mass is 35.5. The summed E-state index contributed by atoms with van der Waals surface area (Å²) >= 11 is 13.5. The molecule has 0 bridgehead atoms. The van der Waals surface area contributed by atoms with Crippen molar-refractivity contribution in [3.63, 3.8) is 0 Å². The number of ether oxygens (including phenoxy) is 2. The number of carbonyl (C=O) groups is 1. The van der Waals surface area contributed by atoms with Gasteiger partial charge >= 0.3 is 0 Å². The molecular weight excluding hydrogens is 634 g/mol. The molecule has 242 valence electrons. The van der Waals surface area contributed by atoms with E-state index in [0.29, 0.717) is 66.3 Å². The van der Waals surface area contributed by atoms with Gasteiger partial charge in [0.25, 0.3) is 5.56 Å². The number of likely N-dealkylation sites (tertiary alicyclic amines) is 1. The Morgan fingerprint density at radius 2 is 1.78 bits per heavy atom. The van der Waals surface area contributed by atoms with E-state index in [9.17, 15) is 14.0 Å². The van der Waals surface area contributed by atoms with Gasteiger partial charge in [-0.25, -0.2) is 9.37 Å². The summed E-state index contributed by atoms with van der Waals surface area (Å²) in [6.07, 6.45) is 6.05. The van der Waals surface area contributed by atoms with Crippen LogP contribution in [0.1, 0.15) is 24.4 Å². The van der Waals surface area contributed by atoms with Crippen molar-refractivity contribution >= 4 is 51.8 Å². The molecule has 1 aliphatic heterocycles. The molecule has 1 aliphatic rings. The Balaban J connectivity index is 1.61. The van der Waals surface area contributed by atoms with Gasteiger partial charge in [0, 0.05) is 60.7 Å². The Bertz CT molecular complexity index is 1840. The van der Waals surface area contributed by atoms with Gasteiger partial charge in [-0.05, 0) is 63.7 Å². The van der Waals surface area contributed by atoms with E-state index in [1.165, 1.54) is 20.3 Å². The third-order valence-corrected chi connectivity index (χ3v) is 8.65. The standard InChI is InChI=1S/C33H35Cl2FN6O4/c1-19-15-21(8-9-24(19)36)38-33-37-18-20-16-23(28-29(34)25(45-4)17-26(46-5)30(28)35)32(44)42(31(20)39-33)22-10-13-41(14-11-22)27(43)7-6-12-40(2)3/h6-9,15-18,22H,10-14H2,1-5H3,(H,37,38,39)/b7-6+. The third kappa shape index (κ3) is 6.81. The number of benzene rings is 2. The number of nitrogens with one attached hydrogen (secondary N) is 1. The number of piperidine rings is 1. The number of aryl methyl sites for hydroxylation is 1. The number of halogens is 3. The number of methoxy groups -OCH3 is 2. The molecule has 0 saturated carbocycles. The number of rotatable bonds is 9. The third-order valence-electron chi connectivity index (χ3n) is 7.90. The van der Waals surface area contributed by atoms with E-state index in [2.05, 4.69) is 10.3 Å². The summed E-state index contributed by atoms with van der Waals surface area (Å²) in [6, 6.07) is 7.52. The van der Waals surface area contributed by atoms with Gasteiger partial charge in [-0.1, -0.05) is 29.3 Å². The molecule has 1 saturated heterocycles.